The van der Waals surface area contributed by atoms with Gasteiger partial charge in [-0.25, -0.2) is 0 Å². The largest absolute Gasteiger partial charge is 0.326 e. The third kappa shape index (κ3) is 7.03. The number of benzene rings is 3. The fourth-order valence-corrected chi connectivity index (χ4v) is 3.12. The molecule has 0 aliphatic carbocycles. The van der Waals surface area contributed by atoms with E-state index < -0.39 is 0 Å². The zero-order valence-corrected chi connectivity index (χ0v) is 17.3. The van der Waals surface area contributed by atoms with E-state index in [1.807, 2.05) is 54.6 Å². The molecule has 0 bridgehead atoms. The first-order chi connectivity index (χ1) is 14.6. The molecule has 30 heavy (non-hydrogen) atoms. The predicted molar refractivity (Wildman–Crippen MR) is 122 cm³/mol. The maximum Gasteiger partial charge on any atom is 0.238 e. The molecule has 0 saturated carbocycles. The minimum atomic E-state index is -0.151. The Balaban J connectivity index is 1.39. The number of nitrogens with one attached hydrogen (secondary N) is 3. The number of aryl methyl sites for hydroxylation is 1. The number of rotatable bonds is 9. The van der Waals surface area contributed by atoms with Crippen molar-refractivity contribution in [2.75, 3.05) is 17.2 Å². The van der Waals surface area contributed by atoms with Gasteiger partial charge in [-0.2, -0.15) is 0 Å². The maximum atomic E-state index is 12.1. The highest BCUT2D eigenvalue weighted by molar-refractivity contribution is 6.31. The average Bonchev–Trinajstić information content (AvgIpc) is 2.76. The summed E-state index contributed by atoms with van der Waals surface area (Å²) in [5.41, 5.74) is 3.44. The van der Waals surface area contributed by atoms with E-state index in [-0.39, 0.29) is 18.4 Å². The molecule has 0 heterocycles. The van der Waals surface area contributed by atoms with Gasteiger partial charge in [0, 0.05) is 29.4 Å². The lowest BCUT2D eigenvalue weighted by molar-refractivity contribution is -0.116. The number of carbonyl (C=O) groups excluding carboxylic acids is 2. The molecular weight excluding hydrogens is 398 g/mol. The highest BCUT2D eigenvalue weighted by Crippen LogP contribution is 2.15. The number of anilines is 2. The molecule has 0 aliphatic rings. The highest BCUT2D eigenvalue weighted by atomic mass is 35.5. The monoisotopic (exact) mass is 421 g/mol. The Bertz CT molecular complexity index is 975. The third-order valence-corrected chi connectivity index (χ3v) is 4.86. The van der Waals surface area contributed by atoms with Crippen molar-refractivity contribution >= 4 is 34.8 Å². The summed E-state index contributed by atoms with van der Waals surface area (Å²) in [7, 11) is 0. The summed E-state index contributed by atoms with van der Waals surface area (Å²) in [6, 6.07) is 24.5. The van der Waals surface area contributed by atoms with Gasteiger partial charge in [0.15, 0.2) is 0 Å². The number of carbonyl (C=O) groups is 2. The van der Waals surface area contributed by atoms with Crippen molar-refractivity contribution in [3.63, 3.8) is 0 Å². The Morgan fingerprint density at radius 3 is 2.00 bits per heavy atom. The molecule has 0 aromatic heterocycles. The standard InChI is InChI=1S/C24H24ClN3O2/c25-22-9-5-4-8-19(22)16-26-17-24(30)28-21-13-11-20(12-14-21)27-23(29)15-10-18-6-2-1-3-7-18/h1-9,11-14,26H,10,15-17H2,(H,27,29)(H,28,30). The smallest absolute Gasteiger partial charge is 0.238 e. The van der Waals surface area contributed by atoms with Gasteiger partial charge in [0.1, 0.15) is 0 Å². The molecule has 3 N–H and O–H groups in total. The fourth-order valence-electron chi connectivity index (χ4n) is 2.92. The molecule has 0 saturated heterocycles. The summed E-state index contributed by atoms with van der Waals surface area (Å²) in [4.78, 5) is 24.2. The van der Waals surface area contributed by atoms with Crippen LogP contribution in [0.5, 0.6) is 0 Å². The molecule has 6 heteroatoms. The topological polar surface area (TPSA) is 70.2 Å². The first-order valence-electron chi connectivity index (χ1n) is 9.78. The summed E-state index contributed by atoms with van der Waals surface area (Å²) in [6.07, 6.45) is 1.11. The minimum absolute atomic E-state index is 0.0422. The molecule has 0 unspecified atom stereocenters. The molecule has 5 nitrogen and oxygen atoms in total. The van der Waals surface area contributed by atoms with E-state index in [9.17, 15) is 9.59 Å². The van der Waals surface area contributed by atoms with E-state index in [1.54, 1.807) is 24.3 Å². The molecule has 3 aromatic carbocycles. The summed E-state index contributed by atoms with van der Waals surface area (Å²) >= 11 is 6.10. The Morgan fingerprint density at radius 2 is 1.33 bits per heavy atom. The van der Waals surface area contributed by atoms with Crippen LogP contribution in [0.1, 0.15) is 17.5 Å². The molecule has 154 valence electrons. The van der Waals surface area contributed by atoms with E-state index in [0.29, 0.717) is 35.8 Å². The molecular formula is C24H24ClN3O2. The van der Waals surface area contributed by atoms with Crippen molar-refractivity contribution in [3.8, 4) is 0 Å². The van der Waals surface area contributed by atoms with Gasteiger partial charge in [-0.05, 0) is 47.9 Å². The van der Waals surface area contributed by atoms with Gasteiger partial charge < -0.3 is 16.0 Å². The van der Waals surface area contributed by atoms with Crippen LogP contribution in [0.4, 0.5) is 11.4 Å². The lowest BCUT2D eigenvalue weighted by Gasteiger charge is -2.09. The SMILES string of the molecule is O=C(CCc1ccccc1)Nc1ccc(NC(=O)CNCc2ccccc2Cl)cc1. The first kappa shape index (κ1) is 21.6. The van der Waals surface area contributed by atoms with Gasteiger partial charge in [-0.15, -0.1) is 0 Å². The Kier molecular flexibility index (Phi) is 8.01. The Labute approximate surface area is 181 Å². The van der Waals surface area contributed by atoms with Crippen LogP contribution in [0.3, 0.4) is 0 Å². The third-order valence-electron chi connectivity index (χ3n) is 4.49. The molecule has 2 amide bonds. The zero-order chi connectivity index (χ0) is 21.2. The van der Waals surface area contributed by atoms with Crippen molar-refractivity contribution in [2.45, 2.75) is 19.4 Å². The van der Waals surface area contributed by atoms with E-state index in [0.717, 1.165) is 11.1 Å². The number of hydrogen-bond donors (Lipinski definition) is 3. The zero-order valence-electron chi connectivity index (χ0n) is 16.5. The predicted octanol–water partition coefficient (Wildman–Crippen LogP) is 4.64. The molecule has 3 aromatic rings. The normalized spacial score (nSPS) is 10.4. The van der Waals surface area contributed by atoms with Crippen molar-refractivity contribution in [1.82, 2.24) is 5.32 Å². The van der Waals surface area contributed by atoms with Gasteiger partial charge >= 0.3 is 0 Å². The van der Waals surface area contributed by atoms with Crippen LogP contribution < -0.4 is 16.0 Å². The van der Waals surface area contributed by atoms with Crippen LogP contribution in [-0.4, -0.2) is 18.4 Å². The molecule has 3 rings (SSSR count). The maximum absolute atomic E-state index is 12.1. The van der Waals surface area contributed by atoms with Gasteiger partial charge in [-0.3, -0.25) is 9.59 Å². The summed E-state index contributed by atoms with van der Waals surface area (Å²) < 4.78 is 0. The van der Waals surface area contributed by atoms with Crippen molar-refractivity contribution < 1.29 is 9.59 Å². The second-order valence-corrected chi connectivity index (χ2v) is 7.26. The number of amides is 2. The summed E-state index contributed by atoms with van der Waals surface area (Å²) in [5.74, 6) is -0.193. The van der Waals surface area contributed by atoms with E-state index >= 15 is 0 Å². The minimum Gasteiger partial charge on any atom is -0.326 e. The van der Waals surface area contributed by atoms with Crippen LogP contribution in [-0.2, 0) is 22.6 Å². The van der Waals surface area contributed by atoms with Crippen molar-refractivity contribution in [3.05, 3.63) is 95.0 Å². The van der Waals surface area contributed by atoms with Crippen molar-refractivity contribution in [2.24, 2.45) is 0 Å². The van der Waals surface area contributed by atoms with Gasteiger partial charge in [0.05, 0.1) is 6.54 Å². The van der Waals surface area contributed by atoms with Crippen LogP contribution in [0.15, 0.2) is 78.9 Å². The highest BCUT2D eigenvalue weighted by Gasteiger charge is 2.06. The molecule has 0 spiro atoms. The van der Waals surface area contributed by atoms with Crippen LogP contribution in [0.2, 0.25) is 5.02 Å². The molecule has 0 aliphatic heterocycles. The second-order valence-electron chi connectivity index (χ2n) is 6.85. The van der Waals surface area contributed by atoms with Gasteiger partial charge in [0.25, 0.3) is 0 Å². The molecule has 0 atom stereocenters. The lowest BCUT2D eigenvalue weighted by Crippen LogP contribution is -2.27. The van der Waals surface area contributed by atoms with Crippen LogP contribution >= 0.6 is 11.6 Å². The fraction of sp³-hybridized carbons (Fsp3) is 0.167. The number of hydrogen-bond acceptors (Lipinski definition) is 3. The lowest BCUT2D eigenvalue weighted by atomic mass is 10.1. The van der Waals surface area contributed by atoms with E-state index in [4.69, 9.17) is 11.6 Å². The molecule has 0 fully saturated rings. The quantitative estimate of drug-likeness (QED) is 0.471. The Morgan fingerprint density at radius 1 is 0.733 bits per heavy atom. The van der Waals surface area contributed by atoms with E-state index in [1.165, 1.54) is 0 Å². The van der Waals surface area contributed by atoms with Crippen LogP contribution in [0, 0.1) is 0 Å². The van der Waals surface area contributed by atoms with Gasteiger partial charge in [-0.1, -0.05) is 60.1 Å². The van der Waals surface area contributed by atoms with Crippen LogP contribution in [0.25, 0.3) is 0 Å². The van der Waals surface area contributed by atoms with Crippen molar-refractivity contribution in [1.29, 1.82) is 0 Å². The number of halogens is 1. The Hall–Kier alpha value is -3.15. The summed E-state index contributed by atoms with van der Waals surface area (Å²) in [6.45, 7) is 0.685. The van der Waals surface area contributed by atoms with Gasteiger partial charge in [0.2, 0.25) is 11.8 Å². The average molecular weight is 422 g/mol. The molecule has 0 radical (unpaired) electrons. The second kappa shape index (κ2) is 11.1. The van der Waals surface area contributed by atoms with E-state index in [2.05, 4.69) is 16.0 Å². The summed E-state index contributed by atoms with van der Waals surface area (Å²) in [5, 5.41) is 9.44. The first-order valence-corrected chi connectivity index (χ1v) is 10.2.